The lowest BCUT2D eigenvalue weighted by Crippen LogP contribution is -2.36. The molecule has 160 valence electrons. The van der Waals surface area contributed by atoms with E-state index in [1.165, 1.54) is 6.08 Å². The number of amides is 4. The number of benzene rings is 2. The molecule has 2 aromatic rings. The number of carbonyl (C=O) groups excluding carboxylic acids is 4. The lowest BCUT2D eigenvalue weighted by atomic mass is 10.2. The molecular weight excluding hydrogens is 510 g/mol. The van der Waals surface area contributed by atoms with Gasteiger partial charge in [0.05, 0.1) is 15.6 Å². The molecule has 8 nitrogen and oxygen atoms in total. The van der Waals surface area contributed by atoms with Crippen LogP contribution >= 0.6 is 39.3 Å². The topological polar surface area (TPSA) is 119 Å². The van der Waals surface area contributed by atoms with Gasteiger partial charge in [0.2, 0.25) is 5.91 Å². The van der Waals surface area contributed by atoms with E-state index in [1.807, 2.05) is 0 Å². The average molecular weight is 525 g/mol. The Morgan fingerprint density at radius 2 is 1.97 bits per heavy atom. The predicted molar refractivity (Wildman–Crippen MR) is 122 cm³/mol. The van der Waals surface area contributed by atoms with E-state index < -0.39 is 29.5 Å². The molecule has 1 aliphatic heterocycles. The van der Waals surface area contributed by atoms with Crippen molar-refractivity contribution >= 4 is 74.0 Å². The summed E-state index contributed by atoms with van der Waals surface area (Å²) in [5.74, 6) is -1.53. The fraction of sp³-hybridized carbons (Fsp3) is 0.100. The van der Waals surface area contributed by atoms with E-state index in [9.17, 15) is 19.2 Å². The van der Waals surface area contributed by atoms with Crippen molar-refractivity contribution in [2.24, 2.45) is 5.73 Å². The van der Waals surface area contributed by atoms with E-state index in [1.54, 1.807) is 42.5 Å². The molecule has 0 spiro atoms. The monoisotopic (exact) mass is 523 g/mol. The Balaban J connectivity index is 1.75. The molecule has 0 atom stereocenters. The molecule has 0 aromatic heterocycles. The Morgan fingerprint density at radius 3 is 2.68 bits per heavy atom. The summed E-state index contributed by atoms with van der Waals surface area (Å²) in [7, 11) is 0. The van der Waals surface area contributed by atoms with Crippen LogP contribution in [0.2, 0.25) is 5.02 Å². The molecule has 11 heteroatoms. The van der Waals surface area contributed by atoms with Crippen molar-refractivity contribution < 1.29 is 23.9 Å². The molecule has 0 bridgehead atoms. The highest BCUT2D eigenvalue weighted by Gasteiger charge is 2.36. The summed E-state index contributed by atoms with van der Waals surface area (Å²) in [6, 6.07) is 11.8. The van der Waals surface area contributed by atoms with Gasteiger partial charge in [-0.05, 0) is 48.2 Å². The van der Waals surface area contributed by atoms with Crippen LogP contribution in [-0.2, 0) is 14.4 Å². The number of nitrogens with zero attached hydrogens (tertiary/aromatic N) is 1. The highest BCUT2D eigenvalue weighted by atomic mass is 79.9. The van der Waals surface area contributed by atoms with Crippen LogP contribution in [0.25, 0.3) is 6.08 Å². The van der Waals surface area contributed by atoms with Gasteiger partial charge in [0, 0.05) is 10.0 Å². The number of imide groups is 1. The van der Waals surface area contributed by atoms with Gasteiger partial charge in [-0.2, -0.15) is 0 Å². The maximum Gasteiger partial charge on any atom is 0.294 e. The van der Waals surface area contributed by atoms with E-state index in [-0.39, 0.29) is 11.5 Å². The molecule has 0 radical (unpaired) electrons. The Labute approximate surface area is 194 Å². The molecule has 1 heterocycles. The normalized spacial score (nSPS) is 14.8. The molecule has 1 saturated heterocycles. The number of hydrogen-bond donors (Lipinski definition) is 2. The van der Waals surface area contributed by atoms with Gasteiger partial charge in [-0.15, -0.1) is 0 Å². The van der Waals surface area contributed by atoms with Crippen LogP contribution in [0.5, 0.6) is 5.75 Å². The second-order valence-corrected chi connectivity index (χ2v) is 8.55. The van der Waals surface area contributed by atoms with Gasteiger partial charge >= 0.3 is 0 Å². The molecule has 3 rings (SSSR count). The highest BCUT2D eigenvalue weighted by Crippen LogP contribution is 2.34. The summed E-state index contributed by atoms with van der Waals surface area (Å²) in [4.78, 5) is 48.6. The largest absolute Gasteiger partial charge is 0.483 e. The van der Waals surface area contributed by atoms with Crippen LogP contribution in [0.1, 0.15) is 5.56 Å². The van der Waals surface area contributed by atoms with Gasteiger partial charge in [-0.3, -0.25) is 24.1 Å². The zero-order valence-corrected chi connectivity index (χ0v) is 18.9. The van der Waals surface area contributed by atoms with Crippen molar-refractivity contribution in [2.45, 2.75) is 0 Å². The summed E-state index contributed by atoms with van der Waals surface area (Å²) < 4.78 is 6.31. The van der Waals surface area contributed by atoms with Crippen molar-refractivity contribution in [1.82, 2.24) is 4.90 Å². The van der Waals surface area contributed by atoms with Gasteiger partial charge in [-0.25, -0.2) is 0 Å². The first-order chi connectivity index (χ1) is 14.7. The third kappa shape index (κ3) is 5.87. The fourth-order valence-corrected chi connectivity index (χ4v) is 3.98. The summed E-state index contributed by atoms with van der Waals surface area (Å²) in [5, 5.41) is 2.45. The zero-order chi connectivity index (χ0) is 22.5. The molecule has 1 aliphatic rings. The second-order valence-electron chi connectivity index (χ2n) is 6.23. The third-order valence-electron chi connectivity index (χ3n) is 3.95. The number of carbonyl (C=O) groups is 4. The van der Waals surface area contributed by atoms with Gasteiger partial charge < -0.3 is 15.8 Å². The Bertz CT molecular complexity index is 1110. The van der Waals surface area contributed by atoms with Crippen LogP contribution < -0.4 is 15.8 Å². The smallest absolute Gasteiger partial charge is 0.294 e. The molecule has 31 heavy (non-hydrogen) atoms. The molecule has 1 fully saturated rings. The third-order valence-corrected chi connectivity index (χ3v) is 5.68. The second kappa shape index (κ2) is 9.99. The number of para-hydroxylation sites is 1. The quantitative estimate of drug-likeness (QED) is 0.534. The number of halogens is 2. The number of anilines is 1. The van der Waals surface area contributed by atoms with Gasteiger partial charge in [0.25, 0.3) is 17.1 Å². The molecule has 3 N–H and O–H groups in total. The SMILES string of the molecule is NC(=O)CN1C(=O)S/C(=C\c2cc(Br)ccc2OCC(=O)Nc2ccccc2Cl)C1=O. The number of nitrogens with two attached hydrogens (primary N) is 1. The predicted octanol–water partition coefficient (Wildman–Crippen LogP) is 3.64. The number of thioether (sulfide) groups is 1. The summed E-state index contributed by atoms with van der Waals surface area (Å²) >= 11 is 10.1. The number of nitrogens with one attached hydrogen (secondary N) is 1. The van der Waals surface area contributed by atoms with Crippen LogP contribution in [0.15, 0.2) is 51.8 Å². The number of rotatable bonds is 7. The summed E-state index contributed by atoms with van der Waals surface area (Å²) in [6.45, 7) is -0.803. The molecule has 4 amide bonds. The van der Waals surface area contributed by atoms with Gasteiger partial charge in [-0.1, -0.05) is 39.7 Å². The van der Waals surface area contributed by atoms with Crippen LogP contribution in [0, 0.1) is 0 Å². The fourth-order valence-electron chi connectivity index (χ4n) is 2.59. The lowest BCUT2D eigenvalue weighted by Gasteiger charge is -2.11. The minimum atomic E-state index is -0.792. The maximum atomic E-state index is 12.4. The zero-order valence-electron chi connectivity index (χ0n) is 15.8. The number of ether oxygens (including phenoxy) is 1. The van der Waals surface area contributed by atoms with E-state index in [2.05, 4.69) is 21.2 Å². The first-order valence-electron chi connectivity index (χ1n) is 8.75. The molecule has 2 aromatic carbocycles. The number of hydrogen-bond acceptors (Lipinski definition) is 6. The van der Waals surface area contributed by atoms with E-state index in [0.717, 1.165) is 4.90 Å². The average Bonchev–Trinajstić information content (AvgIpc) is 2.96. The van der Waals surface area contributed by atoms with Crippen molar-refractivity contribution in [3.8, 4) is 5.75 Å². The van der Waals surface area contributed by atoms with Gasteiger partial charge in [0.15, 0.2) is 6.61 Å². The van der Waals surface area contributed by atoms with Crippen molar-refractivity contribution in [3.05, 3.63) is 62.4 Å². The van der Waals surface area contributed by atoms with Gasteiger partial charge in [0.1, 0.15) is 12.3 Å². The van der Waals surface area contributed by atoms with Crippen molar-refractivity contribution in [1.29, 1.82) is 0 Å². The van der Waals surface area contributed by atoms with E-state index in [0.29, 0.717) is 38.3 Å². The molecule has 0 saturated carbocycles. The Morgan fingerprint density at radius 1 is 1.23 bits per heavy atom. The van der Waals surface area contributed by atoms with Crippen LogP contribution in [0.3, 0.4) is 0 Å². The highest BCUT2D eigenvalue weighted by molar-refractivity contribution is 9.10. The standard InChI is InChI=1S/C20H15BrClN3O5S/c21-12-5-6-15(30-10-18(27)24-14-4-2-1-3-13(14)22)11(7-12)8-16-19(28)25(9-17(23)26)20(29)31-16/h1-8H,9-10H2,(H2,23,26)(H,24,27)/b16-8-. The van der Waals surface area contributed by atoms with Crippen LogP contribution in [0.4, 0.5) is 10.5 Å². The minimum Gasteiger partial charge on any atom is -0.483 e. The summed E-state index contributed by atoms with van der Waals surface area (Å²) in [5.41, 5.74) is 6.00. The lowest BCUT2D eigenvalue weighted by molar-refractivity contribution is -0.127. The molecular formula is C20H15BrClN3O5S. The first kappa shape index (κ1) is 22.9. The Hall–Kier alpha value is -2.82. The number of primary amides is 1. The van der Waals surface area contributed by atoms with Crippen molar-refractivity contribution in [2.75, 3.05) is 18.5 Å². The first-order valence-corrected chi connectivity index (χ1v) is 10.7. The minimum absolute atomic E-state index is 0.106. The van der Waals surface area contributed by atoms with Crippen LogP contribution in [-0.4, -0.2) is 41.0 Å². The van der Waals surface area contributed by atoms with E-state index >= 15 is 0 Å². The molecule has 0 aliphatic carbocycles. The Kier molecular flexibility index (Phi) is 7.37. The molecule has 0 unspecified atom stereocenters. The summed E-state index contributed by atoms with van der Waals surface area (Å²) in [6.07, 6.45) is 1.46. The van der Waals surface area contributed by atoms with E-state index in [4.69, 9.17) is 22.1 Å². The van der Waals surface area contributed by atoms with Crippen molar-refractivity contribution in [3.63, 3.8) is 0 Å². The maximum absolute atomic E-state index is 12.4.